The summed E-state index contributed by atoms with van der Waals surface area (Å²) in [6.07, 6.45) is 1.53. The van der Waals surface area contributed by atoms with Gasteiger partial charge in [0.25, 0.3) is 0 Å². The highest BCUT2D eigenvalue weighted by molar-refractivity contribution is 7.88. The lowest BCUT2D eigenvalue weighted by atomic mass is 10.1. The van der Waals surface area contributed by atoms with E-state index >= 15 is 0 Å². The number of hydrogen-bond acceptors (Lipinski definition) is 5. The summed E-state index contributed by atoms with van der Waals surface area (Å²) >= 11 is 0. The molecule has 0 saturated carbocycles. The molecule has 0 bridgehead atoms. The van der Waals surface area contributed by atoms with Gasteiger partial charge in [0.05, 0.1) is 38.2 Å². The van der Waals surface area contributed by atoms with Gasteiger partial charge in [-0.1, -0.05) is 30.3 Å². The van der Waals surface area contributed by atoms with Gasteiger partial charge in [-0.3, -0.25) is 4.79 Å². The molecule has 8 heteroatoms. The highest BCUT2D eigenvalue weighted by Gasteiger charge is 2.28. The molecule has 1 heterocycles. The largest absolute Gasteiger partial charge is 0.379 e. The number of carbonyl (C=O) groups is 1. The molecule has 128 valence electrons. The summed E-state index contributed by atoms with van der Waals surface area (Å²) < 4.78 is 35.5. The smallest absolute Gasteiger partial charge is 0.235 e. The third kappa shape index (κ3) is 6.66. The average Bonchev–Trinajstić information content (AvgIpc) is 2.52. The maximum atomic E-state index is 11.8. The van der Waals surface area contributed by atoms with Crippen LogP contribution in [-0.4, -0.2) is 52.5 Å². The lowest BCUT2D eigenvalue weighted by Crippen LogP contribution is -2.52. The van der Waals surface area contributed by atoms with Gasteiger partial charge in [0.15, 0.2) is 0 Å². The molecule has 1 aliphatic heterocycles. The average molecular weight is 342 g/mol. The number of benzene rings is 1. The number of amides is 1. The molecule has 1 amide bonds. The monoisotopic (exact) mass is 342 g/mol. The Balaban J connectivity index is 1.84. The zero-order valence-electron chi connectivity index (χ0n) is 13.0. The van der Waals surface area contributed by atoms with Gasteiger partial charge in [-0.25, -0.2) is 13.1 Å². The van der Waals surface area contributed by atoms with Crippen molar-refractivity contribution in [2.24, 2.45) is 0 Å². The summed E-state index contributed by atoms with van der Waals surface area (Å²) in [5, 5.41) is 2.76. The molecule has 1 fully saturated rings. The van der Waals surface area contributed by atoms with E-state index in [9.17, 15) is 13.2 Å². The van der Waals surface area contributed by atoms with Crippen molar-refractivity contribution in [3.8, 4) is 0 Å². The van der Waals surface area contributed by atoms with E-state index in [1.165, 1.54) is 0 Å². The molecule has 2 atom stereocenters. The molecular weight excluding hydrogens is 320 g/mol. The molecule has 0 unspecified atom stereocenters. The Hall–Kier alpha value is -1.48. The van der Waals surface area contributed by atoms with Crippen molar-refractivity contribution in [2.45, 2.75) is 25.2 Å². The van der Waals surface area contributed by atoms with Crippen molar-refractivity contribution in [3.63, 3.8) is 0 Å². The van der Waals surface area contributed by atoms with Gasteiger partial charge in [0, 0.05) is 6.61 Å². The number of ether oxygens (including phenoxy) is 2. The van der Waals surface area contributed by atoms with Crippen LogP contribution < -0.4 is 10.0 Å². The van der Waals surface area contributed by atoms with Crippen molar-refractivity contribution in [2.75, 3.05) is 26.0 Å². The van der Waals surface area contributed by atoms with Crippen LogP contribution in [0.4, 0.5) is 0 Å². The van der Waals surface area contributed by atoms with E-state index in [-0.39, 0.29) is 18.7 Å². The van der Waals surface area contributed by atoms with Crippen LogP contribution in [0.15, 0.2) is 30.3 Å². The Morgan fingerprint density at radius 3 is 2.78 bits per heavy atom. The Labute approximate surface area is 136 Å². The first-order chi connectivity index (χ1) is 10.9. The van der Waals surface area contributed by atoms with Crippen molar-refractivity contribution >= 4 is 15.9 Å². The quantitative estimate of drug-likeness (QED) is 0.729. The lowest BCUT2D eigenvalue weighted by molar-refractivity contribution is -0.125. The number of sulfonamides is 1. The zero-order chi connectivity index (χ0) is 16.7. The molecule has 23 heavy (non-hydrogen) atoms. The van der Waals surface area contributed by atoms with E-state index in [0.29, 0.717) is 26.2 Å². The van der Waals surface area contributed by atoms with Crippen molar-refractivity contribution in [3.05, 3.63) is 35.9 Å². The standard InChI is InChI=1S/C15H22N2O5S/c1-23(19,20)16-9-15(18)17-13-11-21-8-7-14(13)22-10-12-5-3-2-4-6-12/h2-6,13-14,16H,7-11H2,1H3,(H,17,18)/t13-,14+/m1/s1. The molecule has 1 saturated heterocycles. The van der Waals surface area contributed by atoms with Crippen molar-refractivity contribution < 1.29 is 22.7 Å². The van der Waals surface area contributed by atoms with Crippen LogP contribution in [0.3, 0.4) is 0 Å². The molecule has 0 radical (unpaired) electrons. The minimum atomic E-state index is -3.39. The molecule has 0 aliphatic carbocycles. The first-order valence-corrected chi connectivity index (χ1v) is 9.30. The molecular formula is C15H22N2O5S. The summed E-state index contributed by atoms with van der Waals surface area (Å²) in [7, 11) is -3.39. The van der Waals surface area contributed by atoms with Gasteiger partial charge in [0.1, 0.15) is 0 Å². The summed E-state index contributed by atoms with van der Waals surface area (Å²) in [5.41, 5.74) is 1.06. The maximum absolute atomic E-state index is 11.8. The van der Waals surface area contributed by atoms with Crippen LogP contribution in [0, 0.1) is 0 Å². The van der Waals surface area contributed by atoms with Crippen molar-refractivity contribution in [1.82, 2.24) is 10.0 Å². The third-order valence-corrected chi connectivity index (χ3v) is 4.11. The number of carbonyl (C=O) groups excluding carboxylic acids is 1. The summed E-state index contributed by atoms with van der Waals surface area (Å²) in [6, 6.07) is 9.49. The zero-order valence-corrected chi connectivity index (χ0v) is 13.8. The van der Waals surface area contributed by atoms with E-state index in [2.05, 4.69) is 10.0 Å². The number of hydrogen-bond donors (Lipinski definition) is 2. The fourth-order valence-corrected chi connectivity index (χ4v) is 2.68. The predicted octanol–water partition coefficient (Wildman–Crippen LogP) is 0.0261. The van der Waals surface area contributed by atoms with E-state index in [1.54, 1.807) is 0 Å². The van der Waals surface area contributed by atoms with Crippen LogP contribution in [0.2, 0.25) is 0 Å². The number of rotatable bonds is 7. The first kappa shape index (κ1) is 17.9. The van der Waals surface area contributed by atoms with Gasteiger partial charge >= 0.3 is 0 Å². The fourth-order valence-electron chi connectivity index (χ4n) is 2.28. The topological polar surface area (TPSA) is 93.7 Å². The van der Waals surface area contributed by atoms with Crippen LogP contribution in [0.5, 0.6) is 0 Å². The molecule has 0 spiro atoms. The lowest BCUT2D eigenvalue weighted by Gasteiger charge is -2.32. The van der Waals surface area contributed by atoms with E-state index in [4.69, 9.17) is 9.47 Å². The van der Waals surface area contributed by atoms with Crippen LogP contribution >= 0.6 is 0 Å². The highest BCUT2D eigenvalue weighted by Crippen LogP contribution is 2.14. The molecule has 7 nitrogen and oxygen atoms in total. The molecule has 1 aromatic carbocycles. The predicted molar refractivity (Wildman–Crippen MR) is 85.2 cm³/mol. The summed E-state index contributed by atoms with van der Waals surface area (Å²) in [5.74, 6) is -0.403. The van der Waals surface area contributed by atoms with Gasteiger partial charge < -0.3 is 14.8 Å². The first-order valence-electron chi connectivity index (χ1n) is 7.41. The summed E-state index contributed by atoms with van der Waals surface area (Å²) in [6.45, 7) is 1.09. The fraction of sp³-hybridized carbons (Fsp3) is 0.533. The second-order valence-electron chi connectivity index (χ2n) is 5.47. The SMILES string of the molecule is CS(=O)(=O)NCC(=O)N[C@@H]1COCC[C@@H]1OCc1ccccc1. The van der Waals surface area contributed by atoms with Gasteiger partial charge in [-0.15, -0.1) is 0 Å². The molecule has 2 rings (SSSR count). The molecule has 1 aromatic rings. The minimum Gasteiger partial charge on any atom is -0.379 e. The normalized spacial score (nSPS) is 21.8. The number of nitrogens with one attached hydrogen (secondary N) is 2. The molecule has 2 N–H and O–H groups in total. The molecule has 0 aromatic heterocycles. The Morgan fingerprint density at radius 2 is 2.09 bits per heavy atom. The van der Waals surface area contributed by atoms with Crippen LogP contribution in [0.1, 0.15) is 12.0 Å². The second-order valence-corrected chi connectivity index (χ2v) is 7.30. The second kappa shape index (κ2) is 8.39. The third-order valence-electron chi connectivity index (χ3n) is 3.44. The van der Waals surface area contributed by atoms with Gasteiger partial charge in [-0.05, 0) is 12.0 Å². The van der Waals surface area contributed by atoms with Gasteiger partial charge in [-0.2, -0.15) is 0 Å². The van der Waals surface area contributed by atoms with E-state index in [1.807, 2.05) is 30.3 Å². The van der Waals surface area contributed by atoms with Crippen LogP contribution in [0.25, 0.3) is 0 Å². The van der Waals surface area contributed by atoms with E-state index < -0.39 is 15.9 Å². The highest BCUT2D eigenvalue weighted by atomic mass is 32.2. The Morgan fingerprint density at radius 1 is 1.35 bits per heavy atom. The van der Waals surface area contributed by atoms with Gasteiger partial charge in [0.2, 0.25) is 15.9 Å². The molecule has 1 aliphatic rings. The van der Waals surface area contributed by atoms with Crippen LogP contribution in [-0.2, 0) is 30.9 Å². The summed E-state index contributed by atoms with van der Waals surface area (Å²) in [4.78, 5) is 11.8. The maximum Gasteiger partial charge on any atom is 0.235 e. The minimum absolute atomic E-state index is 0.161. The van der Waals surface area contributed by atoms with E-state index in [0.717, 1.165) is 11.8 Å². The Bertz CT molecular complexity index is 606. The van der Waals surface area contributed by atoms with Crippen molar-refractivity contribution in [1.29, 1.82) is 0 Å². The Kier molecular flexibility index (Phi) is 6.52.